The topological polar surface area (TPSA) is 59.8 Å². The number of nitrogens with zero attached hydrogens (tertiary/aromatic N) is 3. The molecular weight excluding hydrogens is 320 g/mol. The molecule has 3 rings (SSSR count). The van der Waals surface area contributed by atoms with Gasteiger partial charge in [-0.3, -0.25) is 4.79 Å². The van der Waals surface area contributed by atoms with E-state index in [4.69, 9.17) is 0 Å². The predicted octanol–water partition coefficient (Wildman–Crippen LogP) is 4.13. The summed E-state index contributed by atoms with van der Waals surface area (Å²) in [7, 11) is 0. The first-order chi connectivity index (χ1) is 11.6. The van der Waals surface area contributed by atoms with E-state index in [1.54, 1.807) is 17.7 Å². The van der Waals surface area contributed by atoms with Crippen LogP contribution in [0.2, 0.25) is 0 Å². The molecule has 6 heteroatoms. The first kappa shape index (κ1) is 16.1. The van der Waals surface area contributed by atoms with Gasteiger partial charge in [-0.25, -0.2) is 4.98 Å². The molecule has 1 N–H and O–H groups in total. The van der Waals surface area contributed by atoms with Crippen molar-refractivity contribution in [3.05, 3.63) is 59.1 Å². The quantitative estimate of drug-likeness (QED) is 0.728. The zero-order chi connectivity index (χ0) is 17.1. The van der Waals surface area contributed by atoms with Gasteiger partial charge < -0.3 is 5.32 Å². The number of aryl methyl sites for hydroxylation is 2. The van der Waals surface area contributed by atoms with Crippen LogP contribution in [0.25, 0.3) is 16.4 Å². The standard InChI is InChI=1S/C18H18N4OS/c1-4-5-17(23)20-16-10-13(3)21-22(16)18-19-15(11-24-18)14-8-6-12(2)7-9-14/h4-11H,1-3H3,(H,20,23). The molecule has 2 heterocycles. The SMILES string of the molecule is CC=CC(=O)Nc1cc(C)nn1-c1nc(-c2ccc(C)cc2)cs1. The van der Waals surface area contributed by atoms with Gasteiger partial charge in [0.05, 0.1) is 11.4 Å². The van der Waals surface area contributed by atoms with E-state index >= 15 is 0 Å². The highest BCUT2D eigenvalue weighted by atomic mass is 32.1. The molecule has 0 aliphatic rings. The van der Waals surface area contributed by atoms with Crippen molar-refractivity contribution < 1.29 is 4.79 Å². The van der Waals surface area contributed by atoms with E-state index < -0.39 is 0 Å². The molecule has 0 fully saturated rings. The molecule has 0 aliphatic heterocycles. The van der Waals surface area contributed by atoms with Gasteiger partial charge in [-0.15, -0.1) is 11.3 Å². The number of rotatable bonds is 4. The minimum absolute atomic E-state index is 0.186. The lowest BCUT2D eigenvalue weighted by atomic mass is 10.1. The Morgan fingerprint density at radius 2 is 2.00 bits per heavy atom. The summed E-state index contributed by atoms with van der Waals surface area (Å²) in [5.74, 6) is 0.425. The van der Waals surface area contributed by atoms with E-state index in [1.807, 2.05) is 18.4 Å². The Bertz CT molecular complexity index is 890. The largest absolute Gasteiger partial charge is 0.307 e. The molecule has 2 aromatic heterocycles. The Kier molecular flexibility index (Phi) is 4.57. The molecule has 3 aromatic rings. The lowest BCUT2D eigenvalue weighted by Crippen LogP contribution is -2.12. The summed E-state index contributed by atoms with van der Waals surface area (Å²) >= 11 is 1.49. The Morgan fingerprint density at radius 1 is 1.25 bits per heavy atom. The lowest BCUT2D eigenvalue weighted by Gasteiger charge is -2.04. The number of hydrogen-bond acceptors (Lipinski definition) is 4. The first-order valence-electron chi connectivity index (χ1n) is 7.60. The summed E-state index contributed by atoms with van der Waals surface area (Å²) in [6, 6.07) is 10.1. The van der Waals surface area contributed by atoms with Crippen molar-refractivity contribution >= 4 is 23.1 Å². The molecular formula is C18H18N4OS. The summed E-state index contributed by atoms with van der Waals surface area (Å²) in [5, 5.41) is 9.98. The smallest absolute Gasteiger partial charge is 0.249 e. The Labute approximate surface area is 144 Å². The molecule has 1 aromatic carbocycles. The maximum atomic E-state index is 11.8. The number of hydrogen-bond donors (Lipinski definition) is 1. The number of aromatic nitrogens is 3. The molecule has 0 atom stereocenters. The zero-order valence-corrected chi connectivity index (χ0v) is 14.6. The second-order valence-electron chi connectivity index (χ2n) is 5.45. The molecule has 122 valence electrons. The highest BCUT2D eigenvalue weighted by molar-refractivity contribution is 7.12. The van der Waals surface area contributed by atoms with Gasteiger partial charge in [0.15, 0.2) is 0 Å². The van der Waals surface area contributed by atoms with Crippen LogP contribution in [0.15, 0.2) is 47.9 Å². The molecule has 0 radical (unpaired) electrons. The van der Waals surface area contributed by atoms with Crippen LogP contribution < -0.4 is 5.32 Å². The van der Waals surface area contributed by atoms with E-state index in [0.717, 1.165) is 22.1 Å². The van der Waals surface area contributed by atoms with Crippen LogP contribution in [0.3, 0.4) is 0 Å². The molecule has 5 nitrogen and oxygen atoms in total. The van der Waals surface area contributed by atoms with Crippen LogP contribution in [-0.2, 0) is 4.79 Å². The van der Waals surface area contributed by atoms with Crippen molar-refractivity contribution in [3.63, 3.8) is 0 Å². The number of carbonyl (C=O) groups excluding carboxylic acids is 1. The summed E-state index contributed by atoms with van der Waals surface area (Å²) in [4.78, 5) is 16.5. The Hall–Kier alpha value is -2.73. The van der Waals surface area contributed by atoms with Gasteiger partial charge in [-0.1, -0.05) is 35.9 Å². The normalized spacial score (nSPS) is 11.1. The minimum Gasteiger partial charge on any atom is -0.307 e. The summed E-state index contributed by atoms with van der Waals surface area (Å²) < 4.78 is 1.67. The number of carbonyl (C=O) groups is 1. The van der Waals surface area contributed by atoms with E-state index in [2.05, 4.69) is 46.6 Å². The van der Waals surface area contributed by atoms with Gasteiger partial charge in [0, 0.05) is 17.0 Å². The second kappa shape index (κ2) is 6.80. The summed E-state index contributed by atoms with van der Waals surface area (Å²) in [5.41, 5.74) is 3.99. The van der Waals surface area contributed by atoms with Crippen molar-refractivity contribution in [2.75, 3.05) is 5.32 Å². The minimum atomic E-state index is -0.186. The van der Waals surface area contributed by atoms with Crippen LogP contribution >= 0.6 is 11.3 Å². The van der Waals surface area contributed by atoms with Crippen LogP contribution in [0.5, 0.6) is 0 Å². The van der Waals surface area contributed by atoms with Crippen molar-refractivity contribution in [1.82, 2.24) is 14.8 Å². The van der Waals surface area contributed by atoms with Crippen LogP contribution in [0.4, 0.5) is 5.82 Å². The fourth-order valence-corrected chi connectivity index (χ4v) is 3.07. The average molecular weight is 338 g/mol. The van der Waals surface area contributed by atoms with E-state index in [0.29, 0.717) is 5.82 Å². The molecule has 0 saturated heterocycles. The maximum absolute atomic E-state index is 11.8. The van der Waals surface area contributed by atoms with Crippen molar-refractivity contribution in [3.8, 4) is 16.4 Å². The number of benzene rings is 1. The third-order valence-electron chi connectivity index (χ3n) is 3.42. The first-order valence-corrected chi connectivity index (χ1v) is 8.48. The second-order valence-corrected chi connectivity index (χ2v) is 6.29. The molecule has 0 unspecified atom stereocenters. The van der Waals surface area contributed by atoms with Crippen molar-refractivity contribution in [2.45, 2.75) is 20.8 Å². The van der Waals surface area contributed by atoms with Crippen molar-refractivity contribution in [2.24, 2.45) is 0 Å². The van der Waals surface area contributed by atoms with Crippen molar-refractivity contribution in [1.29, 1.82) is 0 Å². The summed E-state index contributed by atoms with van der Waals surface area (Å²) in [6.45, 7) is 5.75. The average Bonchev–Trinajstić information content (AvgIpc) is 3.15. The molecule has 0 aliphatic carbocycles. The Morgan fingerprint density at radius 3 is 2.71 bits per heavy atom. The number of allylic oxidation sites excluding steroid dienone is 1. The molecule has 0 bridgehead atoms. The van der Waals surface area contributed by atoms with E-state index in [-0.39, 0.29) is 5.91 Å². The molecule has 24 heavy (non-hydrogen) atoms. The van der Waals surface area contributed by atoms with Gasteiger partial charge in [-0.2, -0.15) is 9.78 Å². The third-order valence-corrected chi connectivity index (χ3v) is 4.24. The molecule has 0 spiro atoms. The van der Waals surface area contributed by atoms with Gasteiger partial charge in [-0.05, 0) is 26.8 Å². The number of thiazole rings is 1. The van der Waals surface area contributed by atoms with Gasteiger partial charge >= 0.3 is 0 Å². The van der Waals surface area contributed by atoms with Crippen LogP contribution in [0.1, 0.15) is 18.2 Å². The third kappa shape index (κ3) is 3.44. The fourth-order valence-electron chi connectivity index (χ4n) is 2.27. The highest BCUT2D eigenvalue weighted by Gasteiger charge is 2.13. The fraction of sp³-hybridized carbons (Fsp3) is 0.167. The number of nitrogens with one attached hydrogen (secondary N) is 1. The van der Waals surface area contributed by atoms with Crippen LogP contribution in [0, 0.1) is 13.8 Å². The number of anilines is 1. The monoisotopic (exact) mass is 338 g/mol. The van der Waals surface area contributed by atoms with Gasteiger partial charge in [0.25, 0.3) is 0 Å². The van der Waals surface area contributed by atoms with E-state index in [9.17, 15) is 4.79 Å². The number of amides is 1. The zero-order valence-electron chi connectivity index (χ0n) is 13.8. The van der Waals surface area contributed by atoms with Gasteiger partial charge in [0.1, 0.15) is 5.82 Å². The van der Waals surface area contributed by atoms with E-state index in [1.165, 1.54) is 23.0 Å². The molecule has 0 saturated carbocycles. The Balaban J connectivity index is 1.92. The molecule has 1 amide bonds. The summed E-state index contributed by atoms with van der Waals surface area (Å²) in [6.07, 6.45) is 3.17. The van der Waals surface area contributed by atoms with Crippen LogP contribution in [-0.4, -0.2) is 20.7 Å². The predicted molar refractivity (Wildman–Crippen MR) is 97.6 cm³/mol. The maximum Gasteiger partial charge on any atom is 0.249 e. The lowest BCUT2D eigenvalue weighted by molar-refractivity contribution is -0.111. The highest BCUT2D eigenvalue weighted by Crippen LogP contribution is 2.26. The van der Waals surface area contributed by atoms with Gasteiger partial charge in [0.2, 0.25) is 11.0 Å².